The number of nitrogens with zero attached hydrogens (tertiary/aromatic N) is 2. The molecule has 0 bridgehead atoms. The minimum absolute atomic E-state index is 0.886. The van der Waals surface area contributed by atoms with Crippen molar-refractivity contribution in [2.45, 2.75) is 13.5 Å². The molecule has 4 nitrogen and oxygen atoms in total. The molecular formula is C15H23N3OS. The summed E-state index contributed by atoms with van der Waals surface area (Å²) < 4.78 is 5.18. The molecule has 0 radical (unpaired) electrons. The van der Waals surface area contributed by atoms with Crippen LogP contribution >= 0.6 is 12.2 Å². The van der Waals surface area contributed by atoms with Gasteiger partial charge in [-0.15, -0.1) is 0 Å². The third-order valence-corrected chi connectivity index (χ3v) is 3.96. The molecular weight excluding hydrogens is 270 g/mol. The zero-order valence-corrected chi connectivity index (χ0v) is 13.1. The van der Waals surface area contributed by atoms with Crippen LogP contribution in [0.15, 0.2) is 24.3 Å². The predicted octanol–water partition coefficient (Wildman–Crippen LogP) is 1.71. The second-order valence-electron chi connectivity index (χ2n) is 4.95. The summed E-state index contributed by atoms with van der Waals surface area (Å²) in [5.41, 5.74) is 1.33. The minimum Gasteiger partial charge on any atom is -0.497 e. The van der Waals surface area contributed by atoms with E-state index < -0.39 is 0 Å². The lowest BCUT2D eigenvalue weighted by molar-refractivity contribution is 0.174. The topological polar surface area (TPSA) is 27.7 Å². The zero-order valence-electron chi connectivity index (χ0n) is 12.3. The number of benzene rings is 1. The molecule has 1 saturated heterocycles. The van der Waals surface area contributed by atoms with Crippen molar-refractivity contribution in [1.29, 1.82) is 0 Å². The number of hydrogen-bond acceptors (Lipinski definition) is 3. The molecule has 1 fully saturated rings. The van der Waals surface area contributed by atoms with Gasteiger partial charge in [-0.25, -0.2) is 0 Å². The Morgan fingerprint density at radius 2 is 1.85 bits per heavy atom. The van der Waals surface area contributed by atoms with E-state index in [1.807, 2.05) is 12.1 Å². The fourth-order valence-electron chi connectivity index (χ4n) is 2.36. The van der Waals surface area contributed by atoms with Crippen molar-refractivity contribution >= 4 is 17.3 Å². The SMILES string of the molecule is CCNC(=S)N1CCN(Cc2ccc(OC)cc2)CC1. The smallest absolute Gasteiger partial charge is 0.169 e. The van der Waals surface area contributed by atoms with Gasteiger partial charge < -0.3 is 15.0 Å². The van der Waals surface area contributed by atoms with E-state index in [-0.39, 0.29) is 0 Å². The molecule has 0 aliphatic carbocycles. The monoisotopic (exact) mass is 293 g/mol. The first-order valence-electron chi connectivity index (χ1n) is 7.11. The van der Waals surface area contributed by atoms with Crippen molar-refractivity contribution in [2.24, 2.45) is 0 Å². The molecule has 20 heavy (non-hydrogen) atoms. The Morgan fingerprint density at radius 1 is 1.20 bits per heavy atom. The van der Waals surface area contributed by atoms with Gasteiger partial charge in [0.05, 0.1) is 7.11 Å². The van der Waals surface area contributed by atoms with Gasteiger partial charge in [-0.1, -0.05) is 12.1 Å². The average molecular weight is 293 g/mol. The number of rotatable bonds is 4. The van der Waals surface area contributed by atoms with Crippen molar-refractivity contribution in [3.8, 4) is 5.75 Å². The summed E-state index contributed by atoms with van der Waals surface area (Å²) in [4.78, 5) is 4.72. The largest absolute Gasteiger partial charge is 0.497 e. The molecule has 0 saturated carbocycles. The zero-order chi connectivity index (χ0) is 14.4. The van der Waals surface area contributed by atoms with Crippen LogP contribution in [0.4, 0.5) is 0 Å². The number of piperazine rings is 1. The molecule has 0 spiro atoms. The summed E-state index contributed by atoms with van der Waals surface area (Å²) in [5.74, 6) is 0.912. The van der Waals surface area contributed by atoms with Crippen molar-refractivity contribution in [1.82, 2.24) is 15.1 Å². The third kappa shape index (κ3) is 4.08. The minimum atomic E-state index is 0.886. The van der Waals surface area contributed by atoms with Gasteiger partial charge in [0.2, 0.25) is 0 Å². The lowest BCUT2D eigenvalue weighted by atomic mass is 10.2. The highest BCUT2D eigenvalue weighted by molar-refractivity contribution is 7.80. The van der Waals surface area contributed by atoms with E-state index in [1.54, 1.807) is 7.11 Å². The molecule has 1 N–H and O–H groups in total. The Morgan fingerprint density at radius 3 is 2.40 bits per heavy atom. The Hall–Kier alpha value is -1.33. The normalized spacial score (nSPS) is 16.0. The predicted molar refractivity (Wildman–Crippen MR) is 86.1 cm³/mol. The maximum Gasteiger partial charge on any atom is 0.169 e. The van der Waals surface area contributed by atoms with Gasteiger partial charge in [-0.05, 0) is 36.8 Å². The summed E-state index contributed by atoms with van der Waals surface area (Å²) in [6.07, 6.45) is 0. The number of hydrogen-bond donors (Lipinski definition) is 1. The Kier molecular flexibility index (Phi) is 5.61. The van der Waals surface area contributed by atoms with Crippen molar-refractivity contribution in [3.05, 3.63) is 29.8 Å². The maximum atomic E-state index is 5.35. The van der Waals surface area contributed by atoms with E-state index in [1.165, 1.54) is 5.56 Å². The quantitative estimate of drug-likeness (QED) is 0.853. The van der Waals surface area contributed by atoms with Gasteiger partial charge in [0.1, 0.15) is 5.75 Å². The van der Waals surface area contributed by atoms with Crippen LogP contribution in [-0.2, 0) is 6.54 Å². The standard InChI is InChI=1S/C15H23N3OS/c1-3-16-15(20)18-10-8-17(9-11-18)12-13-4-6-14(19-2)7-5-13/h4-7H,3,8-12H2,1-2H3,(H,16,20). The highest BCUT2D eigenvalue weighted by Crippen LogP contribution is 2.14. The number of methoxy groups -OCH3 is 1. The maximum absolute atomic E-state index is 5.35. The Bertz CT molecular complexity index is 427. The number of thiocarbonyl (C=S) groups is 1. The van der Waals surface area contributed by atoms with Crippen LogP contribution in [0, 0.1) is 0 Å². The van der Waals surface area contributed by atoms with Gasteiger partial charge in [-0.3, -0.25) is 4.90 Å². The molecule has 0 amide bonds. The summed E-state index contributed by atoms with van der Waals surface area (Å²) in [5, 5.41) is 4.10. The van der Waals surface area contributed by atoms with E-state index in [0.29, 0.717) is 0 Å². The first-order chi connectivity index (χ1) is 9.72. The molecule has 1 aromatic rings. The van der Waals surface area contributed by atoms with Crippen molar-refractivity contribution < 1.29 is 4.74 Å². The van der Waals surface area contributed by atoms with Crippen LogP contribution in [0.3, 0.4) is 0 Å². The molecule has 1 aliphatic rings. The molecule has 0 atom stereocenters. The van der Waals surface area contributed by atoms with Crippen LogP contribution in [0.2, 0.25) is 0 Å². The van der Waals surface area contributed by atoms with Gasteiger partial charge >= 0.3 is 0 Å². The fourth-order valence-corrected chi connectivity index (χ4v) is 2.69. The Labute approximate surface area is 126 Å². The lowest BCUT2D eigenvalue weighted by Gasteiger charge is -2.36. The van der Waals surface area contributed by atoms with Gasteiger partial charge in [0.25, 0.3) is 0 Å². The summed E-state index contributed by atoms with van der Waals surface area (Å²) in [6, 6.07) is 8.31. The molecule has 5 heteroatoms. The van der Waals surface area contributed by atoms with Crippen LogP contribution in [0.1, 0.15) is 12.5 Å². The number of nitrogens with one attached hydrogen (secondary N) is 1. The van der Waals surface area contributed by atoms with E-state index in [2.05, 4.69) is 34.2 Å². The van der Waals surface area contributed by atoms with E-state index in [4.69, 9.17) is 17.0 Å². The van der Waals surface area contributed by atoms with Crippen LogP contribution in [0.25, 0.3) is 0 Å². The molecule has 1 aliphatic heterocycles. The van der Waals surface area contributed by atoms with Gasteiger partial charge in [0, 0.05) is 39.3 Å². The molecule has 0 unspecified atom stereocenters. The fraction of sp³-hybridized carbons (Fsp3) is 0.533. The van der Waals surface area contributed by atoms with Crippen LogP contribution in [-0.4, -0.2) is 54.7 Å². The second kappa shape index (κ2) is 7.45. The summed E-state index contributed by atoms with van der Waals surface area (Å²) in [6.45, 7) is 8.07. The van der Waals surface area contributed by atoms with Crippen LogP contribution < -0.4 is 10.1 Å². The first-order valence-corrected chi connectivity index (χ1v) is 7.52. The average Bonchev–Trinajstić information content (AvgIpc) is 2.49. The van der Waals surface area contributed by atoms with E-state index in [0.717, 1.165) is 50.1 Å². The van der Waals surface area contributed by atoms with E-state index in [9.17, 15) is 0 Å². The highest BCUT2D eigenvalue weighted by Gasteiger charge is 2.18. The Balaban J connectivity index is 1.80. The van der Waals surface area contributed by atoms with Crippen molar-refractivity contribution in [2.75, 3.05) is 39.8 Å². The summed E-state index contributed by atoms with van der Waals surface area (Å²) >= 11 is 5.35. The molecule has 110 valence electrons. The van der Waals surface area contributed by atoms with E-state index >= 15 is 0 Å². The van der Waals surface area contributed by atoms with Gasteiger partial charge in [-0.2, -0.15) is 0 Å². The first kappa shape index (κ1) is 15.1. The molecule has 2 rings (SSSR count). The lowest BCUT2D eigenvalue weighted by Crippen LogP contribution is -2.51. The van der Waals surface area contributed by atoms with Crippen molar-refractivity contribution in [3.63, 3.8) is 0 Å². The second-order valence-corrected chi connectivity index (χ2v) is 5.33. The number of ether oxygens (including phenoxy) is 1. The molecule has 0 aromatic heterocycles. The highest BCUT2D eigenvalue weighted by atomic mass is 32.1. The summed E-state index contributed by atoms with van der Waals surface area (Å²) in [7, 11) is 1.70. The van der Waals surface area contributed by atoms with Crippen LogP contribution in [0.5, 0.6) is 5.75 Å². The molecule has 1 heterocycles. The van der Waals surface area contributed by atoms with Gasteiger partial charge in [0.15, 0.2) is 5.11 Å². The molecule has 1 aromatic carbocycles. The third-order valence-electron chi connectivity index (χ3n) is 3.55.